The van der Waals surface area contributed by atoms with Crippen LogP contribution in [0.5, 0.6) is 0 Å². The maximum absolute atomic E-state index is 14.0. The van der Waals surface area contributed by atoms with E-state index in [4.69, 9.17) is 10.8 Å². The van der Waals surface area contributed by atoms with Crippen molar-refractivity contribution in [2.75, 3.05) is 12.3 Å². The first-order valence-corrected chi connectivity index (χ1v) is 5.86. The lowest BCUT2D eigenvalue weighted by Gasteiger charge is -2.17. The molecule has 1 unspecified atom stereocenters. The molecule has 0 aromatic carbocycles. The van der Waals surface area contributed by atoms with Gasteiger partial charge in [-0.2, -0.15) is 0 Å². The highest BCUT2D eigenvalue weighted by atomic mass is 19.1. The number of halogens is 1. The summed E-state index contributed by atoms with van der Waals surface area (Å²) in [5.74, 6) is 0.324. The van der Waals surface area contributed by atoms with Gasteiger partial charge in [-0.3, -0.25) is 0 Å². The minimum atomic E-state index is -1.49. The molecule has 2 atom stereocenters. The van der Waals surface area contributed by atoms with Crippen molar-refractivity contribution < 1.29 is 9.50 Å². The van der Waals surface area contributed by atoms with Crippen LogP contribution in [0.4, 0.5) is 10.2 Å². The average Bonchev–Trinajstić information content (AvgIpc) is 2.94. The molecule has 0 amide bonds. The van der Waals surface area contributed by atoms with E-state index in [1.165, 1.54) is 6.33 Å². The zero-order chi connectivity index (χ0) is 12.8. The highest BCUT2D eigenvalue weighted by Gasteiger charge is 2.40. The van der Waals surface area contributed by atoms with E-state index in [9.17, 15) is 4.39 Å². The third-order valence-corrected chi connectivity index (χ3v) is 3.59. The van der Waals surface area contributed by atoms with Crippen molar-refractivity contribution >= 4 is 17.0 Å². The Morgan fingerprint density at radius 1 is 1.50 bits per heavy atom. The molecule has 0 saturated heterocycles. The molecule has 1 aliphatic carbocycles. The molecule has 0 spiro atoms. The van der Waals surface area contributed by atoms with Crippen LogP contribution in [0.2, 0.25) is 0 Å². The molecular formula is C11H14FN5O. The lowest BCUT2D eigenvalue weighted by atomic mass is 10.1. The maximum atomic E-state index is 14.0. The van der Waals surface area contributed by atoms with Gasteiger partial charge < -0.3 is 15.4 Å². The summed E-state index contributed by atoms with van der Waals surface area (Å²) in [6.07, 6.45) is 4.28. The van der Waals surface area contributed by atoms with Crippen LogP contribution in [0.3, 0.4) is 0 Å². The smallest absolute Gasteiger partial charge is 0.165 e. The fourth-order valence-electron chi connectivity index (χ4n) is 2.57. The van der Waals surface area contributed by atoms with Crippen LogP contribution in [0.15, 0.2) is 12.7 Å². The number of aromatic nitrogens is 4. The molecule has 96 valence electrons. The standard InChI is InChI=1S/C11H14FN5O/c12-11(4-18)2-1-7(3-11)17-6-16-8-9(13)14-5-15-10(8)17/h5-7,18H,1-4H2,(H2,13,14,15)/t7?,11-/m0/s1. The Morgan fingerprint density at radius 2 is 2.33 bits per heavy atom. The van der Waals surface area contributed by atoms with Crippen LogP contribution < -0.4 is 5.73 Å². The van der Waals surface area contributed by atoms with Gasteiger partial charge in [0, 0.05) is 12.5 Å². The fourth-order valence-corrected chi connectivity index (χ4v) is 2.57. The number of aliphatic hydroxyl groups is 1. The number of anilines is 1. The summed E-state index contributed by atoms with van der Waals surface area (Å²) in [7, 11) is 0. The van der Waals surface area contributed by atoms with E-state index in [0.717, 1.165) is 0 Å². The van der Waals surface area contributed by atoms with Gasteiger partial charge in [-0.15, -0.1) is 0 Å². The number of hydrogen-bond donors (Lipinski definition) is 2. The maximum Gasteiger partial charge on any atom is 0.165 e. The Labute approximate surface area is 103 Å². The molecule has 1 saturated carbocycles. The second kappa shape index (κ2) is 3.88. The number of alkyl halides is 1. The van der Waals surface area contributed by atoms with Gasteiger partial charge in [0.25, 0.3) is 0 Å². The van der Waals surface area contributed by atoms with Gasteiger partial charge in [-0.1, -0.05) is 0 Å². The Bertz CT molecular complexity index is 586. The summed E-state index contributed by atoms with van der Waals surface area (Å²) in [5, 5.41) is 9.05. The van der Waals surface area contributed by atoms with Crippen LogP contribution in [0.1, 0.15) is 25.3 Å². The van der Waals surface area contributed by atoms with Crippen LogP contribution >= 0.6 is 0 Å². The largest absolute Gasteiger partial charge is 0.393 e. The second-order valence-electron chi connectivity index (χ2n) is 4.79. The van der Waals surface area contributed by atoms with E-state index in [0.29, 0.717) is 29.8 Å². The normalized spacial score (nSPS) is 28.0. The molecule has 0 radical (unpaired) electrons. The van der Waals surface area contributed by atoms with E-state index in [2.05, 4.69) is 15.0 Å². The van der Waals surface area contributed by atoms with Crippen molar-refractivity contribution in [3.8, 4) is 0 Å². The number of hydrogen-bond acceptors (Lipinski definition) is 5. The predicted molar refractivity (Wildman–Crippen MR) is 63.5 cm³/mol. The van der Waals surface area contributed by atoms with E-state index in [1.54, 1.807) is 6.33 Å². The molecule has 2 aromatic rings. The summed E-state index contributed by atoms with van der Waals surface area (Å²) in [6.45, 7) is -0.437. The topological polar surface area (TPSA) is 89.9 Å². The number of nitrogens with two attached hydrogens (primary N) is 1. The lowest BCUT2D eigenvalue weighted by Crippen LogP contribution is -2.24. The van der Waals surface area contributed by atoms with Gasteiger partial charge in [0.05, 0.1) is 12.9 Å². The predicted octanol–water partition coefficient (Wildman–Crippen LogP) is 0.834. The van der Waals surface area contributed by atoms with E-state index < -0.39 is 12.3 Å². The highest BCUT2D eigenvalue weighted by molar-refractivity contribution is 5.81. The highest BCUT2D eigenvalue weighted by Crippen LogP contribution is 2.41. The summed E-state index contributed by atoms with van der Waals surface area (Å²) in [4.78, 5) is 12.2. The van der Waals surface area contributed by atoms with Crippen molar-refractivity contribution in [3.05, 3.63) is 12.7 Å². The van der Waals surface area contributed by atoms with Gasteiger partial charge >= 0.3 is 0 Å². The number of nitrogens with zero attached hydrogens (tertiary/aromatic N) is 4. The zero-order valence-corrected chi connectivity index (χ0v) is 9.75. The Morgan fingerprint density at radius 3 is 3.06 bits per heavy atom. The van der Waals surface area contributed by atoms with Gasteiger partial charge in [-0.25, -0.2) is 19.3 Å². The summed E-state index contributed by atoms with van der Waals surface area (Å²) >= 11 is 0. The van der Waals surface area contributed by atoms with Gasteiger partial charge in [0.2, 0.25) is 0 Å². The molecule has 18 heavy (non-hydrogen) atoms. The summed E-state index contributed by atoms with van der Waals surface area (Å²) < 4.78 is 15.8. The minimum absolute atomic E-state index is 0.0403. The number of aliphatic hydroxyl groups excluding tert-OH is 1. The first kappa shape index (κ1) is 11.3. The fraction of sp³-hybridized carbons (Fsp3) is 0.545. The van der Waals surface area contributed by atoms with Gasteiger partial charge in [0.15, 0.2) is 11.5 Å². The van der Waals surface area contributed by atoms with Crippen LogP contribution in [0.25, 0.3) is 11.2 Å². The number of imidazole rings is 1. The van der Waals surface area contributed by atoms with Crippen molar-refractivity contribution in [1.29, 1.82) is 0 Å². The third-order valence-electron chi connectivity index (χ3n) is 3.59. The third kappa shape index (κ3) is 1.62. The Balaban J connectivity index is 1.99. The first-order valence-electron chi connectivity index (χ1n) is 5.86. The molecule has 1 aliphatic rings. The molecule has 1 fully saturated rings. The number of nitrogen functional groups attached to an aromatic ring is 1. The van der Waals surface area contributed by atoms with Crippen molar-refractivity contribution in [1.82, 2.24) is 19.5 Å². The zero-order valence-electron chi connectivity index (χ0n) is 9.75. The van der Waals surface area contributed by atoms with Gasteiger partial charge in [-0.05, 0) is 12.8 Å². The molecule has 3 N–H and O–H groups in total. The van der Waals surface area contributed by atoms with Crippen LogP contribution in [-0.4, -0.2) is 36.9 Å². The lowest BCUT2D eigenvalue weighted by molar-refractivity contribution is 0.0741. The molecule has 2 heterocycles. The molecule has 6 nitrogen and oxygen atoms in total. The molecular weight excluding hydrogens is 237 g/mol. The number of fused-ring (bicyclic) bond motifs is 1. The average molecular weight is 251 g/mol. The van der Waals surface area contributed by atoms with Gasteiger partial charge in [0.1, 0.15) is 17.5 Å². The van der Waals surface area contributed by atoms with E-state index >= 15 is 0 Å². The Kier molecular flexibility index (Phi) is 2.44. The Hall–Kier alpha value is -1.76. The second-order valence-corrected chi connectivity index (χ2v) is 4.79. The molecule has 0 bridgehead atoms. The summed E-state index contributed by atoms with van der Waals surface area (Å²) in [5.41, 5.74) is 5.38. The van der Waals surface area contributed by atoms with Crippen molar-refractivity contribution in [3.63, 3.8) is 0 Å². The van der Waals surface area contributed by atoms with E-state index in [-0.39, 0.29) is 12.5 Å². The molecule has 0 aliphatic heterocycles. The number of rotatable bonds is 2. The molecule has 7 heteroatoms. The molecule has 3 rings (SSSR count). The quantitative estimate of drug-likeness (QED) is 0.825. The summed E-state index contributed by atoms with van der Waals surface area (Å²) in [6, 6.07) is -0.0403. The molecule has 2 aromatic heterocycles. The first-order chi connectivity index (χ1) is 8.63. The van der Waals surface area contributed by atoms with Crippen LogP contribution in [-0.2, 0) is 0 Å². The van der Waals surface area contributed by atoms with Crippen molar-refractivity contribution in [2.24, 2.45) is 0 Å². The minimum Gasteiger partial charge on any atom is -0.393 e. The monoisotopic (exact) mass is 251 g/mol. The van der Waals surface area contributed by atoms with Crippen LogP contribution in [0, 0.1) is 0 Å². The van der Waals surface area contributed by atoms with Crippen molar-refractivity contribution in [2.45, 2.75) is 31.0 Å². The van der Waals surface area contributed by atoms with E-state index in [1.807, 2.05) is 4.57 Å². The SMILES string of the molecule is Nc1ncnc2c1ncn2C1CC[C@@](F)(CO)C1.